The first-order valence-corrected chi connectivity index (χ1v) is 7.56. The maximum Gasteiger partial charge on any atom is 0.314 e. The summed E-state index contributed by atoms with van der Waals surface area (Å²) in [7, 11) is 3.07. The minimum atomic E-state index is -0.898. The van der Waals surface area contributed by atoms with Crippen LogP contribution in [0.15, 0.2) is 6.07 Å². The first-order valence-electron chi connectivity index (χ1n) is 7.19. The molecule has 0 aromatic heterocycles. The highest BCUT2D eigenvalue weighted by Crippen LogP contribution is 2.50. The predicted molar refractivity (Wildman–Crippen MR) is 81.7 cm³/mol. The first kappa shape index (κ1) is 16.0. The molecule has 0 atom stereocenters. The number of methoxy groups -OCH3 is 2. The van der Waals surface area contributed by atoms with Gasteiger partial charge in [-0.2, -0.15) is 0 Å². The summed E-state index contributed by atoms with van der Waals surface area (Å²) >= 11 is 6.40. The van der Waals surface area contributed by atoms with E-state index in [2.05, 4.69) is 0 Å². The number of benzene rings is 1. The summed E-state index contributed by atoms with van der Waals surface area (Å²) in [5.74, 6) is 0.190. The van der Waals surface area contributed by atoms with Crippen molar-refractivity contribution in [2.45, 2.75) is 44.4 Å². The topological polar surface area (TPSA) is 55.8 Å². The number of aryl methyl sites for hydroxylation is 1. The Morgan fingerprint density at radius 1 is 1.29 bits per heavy atom. The zero-order valence-corrected chi connectivity index (χ0v) is 13.4. The van der Waals surface area contributed by atoms with Crippen LogP contribution in [0.1, 0.15) is 43.7 Å². The predicted octanol–water partition coefficient (Wildman–Crippen LogP) is 3.82. The molecule has 1 N–H and O–H groups in total. The summed E-state index contributed by atoms with van der Waals surface area (Å²) in [5, 5.41) is 10.2. The molecule has 21 heavy (non-hydrogen) atoms. The normalized spacial score (nSPS) is 16.8. The number of aliphatic carboxylic acids is 1. The molecule has 2 rings (SSSR count). The third-order valence-electron chi connectivity index (χ3n) is 4.42. The second-order valence-electron chi connectivity index (χ2n) is 5.41. The molecule has 1 aliphatic rings. The van der Waals surface area contributed by atoms with Gasteiger partial charge in [-0.05, 0) is 30.9 Å². The lowest BCUT2D eigenvalue weighted by Gasteiger charge is -2.28. The van der Waals surface area contributed by atoms with Crippen molar-refractivity contribution < 1.29 is 19.4 Å². The summed E-state index contributed by atoms with van der Waals surface area (Å²) in [6.45, 7) is 1.99. The third-order valence-corrected chi connectivity index (χ3v) is 4.77. The molecule has 5 heteroatoms. The number of ether oxygens (including phenoxy) is 2. The van der Waals surface area contributed by atoms with Crippen molar-refractivity contribution in [1.82, 2.24) is 0 Å². The van der Waals surface area contributed by atoms with E-state index in [1.807, 2.05) is 13.0 Å². The third kappa shape index (κ3) is 2.46. The van der Waals surface area contributed by atoms with E-state index < -0.39 is 11.4 Å². The van der Waals surface area contributed by atoms with E-state index in [1.54, 1.807) is 7.11 Å². The lowest BCUT2D eigenvalue weighted by Crippen LogP contribution is -2.33. The van der Waals surface area contributed by atoms with Gasteiger partial charge < -0.3 is 14.6 Å². The monoisotopic (exact) mass is 312 g/mol. The van der Waals surface area contributed by atoms with Gasteiger partial charge in [0.2, 0.25) is 0 Å². The van der Waals surface area contributed by atoms with Crippen LogP contribution in [0.2, 0.25) is 5.02 Å². The largest absolute Gasteiger partial charge is 0.495 e. The van der Waals surface area contributed by atoms with Gasteiger partial charge in [-0.3, -0.25) is 4.79 Å². The number of carboxylic acids is 1. The summed E-state index contributed by atoms with van der Waals surface area (Å²) < 4.78 is 10.8. The van der Waals surface area contributed by atoms with Crippen LogP contribution in [0.3, 0.4) is 0 Å². The minimum absolute atomic E-state index is 0.363. The van der Waals surface area contributed by atoms with Crippen LogP contribution in [0, 0.1) is 0 Å². The molecule has 0 saturated heterocycles. The van der Waals surface area contributed by atoms with Gasteiger partial charge in [0.1, 0.15) is 16.5 Å². The lowest BCUT2D eigenvalue weighted by molar-refractivity contribution is -0.143. The molecule has 1 fully saturated rings. The molecule has 1 saturated carbocycles. The van der Waals surface area contributed by atoms with Crippen LogP contribution in [0.5, 0.6) is 11.5 Å². The first-order chi connectivity index (χ1) is 10.0. The Balaban J connectivity index is 2.73. The van der Waals surface area contributed by atoms with Crippen LogP contribution < -0.4 is 9.47 Å². The fourth-order valence-corrected chi connectivity index (χ4v) is 3.66. The molecule has 0 radical (unpaired) electrons. The molecule has 1 aliphatic carbocycles. The summed E-state index contributed by atoms with van der Waals surface area (Å²) in [6.07, 6.45) is 3.76. The van der Waals surface area contributed by atoms with Crippen molar-refractivity contribution in [3.05, 3.63) is 22.2 Å². The maximum atomic E-state index is 11.9. The Morgan fingerprint density at radius 2 is 1.86 bits per heavy atom. The van der Waals surface area contributed by atoms with E-state index in [-0.39, 0.29) is 0 Å². The highest BCUT2D eigenvalue weighted by molar-refractivity contribution is 6.34. The van der Waals surface area contributed by atoms with Gasteiger partial charge in [0.25, 0.3) is 0 Å². The molecule has 4 nitrogen and oxygen atoms in total. The molecule has 0 bridgehead atoms. The maximum absolute atomic E-state index is 11.9. The number of hydrogen-bond acceptors (Lipinski definition) is 3. The molecule has 0 spiro atoms. The molecule has 1 aromatic carbocycles. The molecule has 1 aromatic rings. The minimum Gasteiger partial charge on any atom is -0.495 e. The lowest BCUT2D eigenvalue weighted by atomic mass is 9.77. The highest BCUT2D eigenvalue weighted by atomic mass is 35.5. The van der Waals surface area contributed by atoms with E-state index in [0.29, 0.717) is 34.9 Å². The van der Waals surface area contributed by atoms with E-state index in [1.165, 1.54) is 7.11 Å². The van der Waals surface area contributed by atoms with Gasteiger partial charge in [-0.25, -0.2) is 0 Å². The number of halogens is 1. The molecular formula is C16H21ClO4. The van der Waals surface area contributed by atoms with E-state index in [0.717, 1.165) is 24.8 Å². The SMILES string of the molecule is CCc1cc(C2(C(=O)O)CCCC2)c(OC)c(Cl)c1OC. The molecule has 0 heterocycles. The zero-order chi connectivity index (χ0) is 15.6. The number of hydrogen-bond donors (Lipinski definition) is 1. The van der Waals surface area contributed by atoms with E-state index in [4.69, 9.17) is 21.1 Å². The number of carbonyl (C=O) groups is 1. The second kappa shape index (κ2) is 6.14. The van der Waals surface area contributed by atoms with Gasteiger partial charge in [0.05, 0.1) is 19.6 Å². The van der Waals surface area contributed by atoms with Crippen molar-refractivity contribution in [2.75, 3.05) is 14.2 Å². The summed E-state index contributed by atoms with van der Waals surface area (Å²) in [6, 6.07) is 1.89. The Kier molecular flexibility index (Phi) is 4.67. The Morgan fingerprint density at radius 3 is 2.29 bits per heavy atom. The zero-order valence-electron chi connectivity index (χ0n) is 12.7. The molecule has 0 aliphatic heterocycles. The van der Waals surface area contributed by atoms with Gasteiger partial charge >= 0.3 is 5.97 Å². The van der Waals surface area contributed by atoms with Crippen molar-refractivity contribution in [3.8, 4) is 11.5 Å². The van der Waals surface area contributed by atoms with Crippen molar-refractivity contribution >= 4 is 17.6 Å². The molecule has 0 unspecified atom stereocenters. The van der Waals surface area contributed by atoms with Crippen LogP contribution in [0.25, 0.3) is 0 Å². The Bertz CT molecular complexity index is 548. The fraction of sp³-hybridized carbons (Fsp3) is 0.562. The average molecular weight is 313 g/mol. The van der Waals surface area contributed by atoms with Crippen LogP contribution in [0.4, 0.5) is 0 Å². The van der Waals surface area contributed by atoms with Crippen molar-refractivity contribution in [3.63, 3.8) is 0 Å². The van der Waals surface area contributed by atoms with Crippen LogP contribution >= 0.6 is 11.6 Å². The van der Waals surface area contributed by atoms with Gasteiger partial charge in [-0.1, -0.05) is 31.4 Å². The second-order valence-corrected chi connectivity index (χ2v) is 5.79. The number of carboxylic acid groups (broad SMARTS) is 1. The van der Waals surface area contributed by atoms with E-state index in [9.17, 15) is 9.90 Å². The number of rotatable bonds is 5. The van der Waals surface area contributed by atoms with Crippen molar-refractivity contribution in [2.24, 2.45) is 0 Å². The summed E-state index contributed by atoms with van der Waals surface area (Å²) in [4.78, 5) is 11.9. The van der Waals surface area contributed by atoms with Gasteiger partial charge in [0, 0.05) is 5.56 Å². The quantitative estimate of drug-likeness (QED) is 0.898. The molecular weight excluding hydrogens is 292 g/mol. The Labute approximate surface area is 130 Å². The van der Waals surface area contributed by atoms with Gasteiger partial charge in [-0.15, -0.1) is 0 Å². The van der Waals surface area contributed by atoms with E-state index >= 15 is 0 Å². The molecule has 0 amide bonds. The van der Waals surface area contributed by atoms with Crippen molar-refractivity contribution in [1.29, 1.82) is 0 Å². The summed E-state index contributed by atoms with van der Waals surface area (Å²) in [5.41, 5.74) is 0.689. The van der Waals surface area contributed by atoms with Gasteiger partial charge in [0.15, 0.2) is 0 Å². The fourth-order valence-electron chi connectivity index (χ4n) is 3.28. The Hall–Kier alpha value is -1.42. The van der Waals surface area contributed by atoms with Crippen LogP contribution in [-0.4, -0.2) is 25.3 Å². The average Bonchev–Trinajstić information content (AvgIpc) is 2.96. The standard InChI is InChI=1S/C16H21ClO4/c1-4-10-9-11(14(21-3)12(17)13(10)20-2)16(15(18)19)7-5-6-8-16/h9H,4-8H2,1-3H3,(H,18,19). The highest BCUT2D eigenvalue weighted by Gasteiger charge is 2.46. The van der Waals surface area contributed by atoms with Crippen LogP contribution in [-0.2, 0) is 16.6 Å². The molecule has 116 valence electrons. The smallest absolute Gasteiger partial charge is 0.314 e.